The molecule has 0 saturated heterocycles. The highest BCUT2D eigenvalue weighted by Gasteiger charge is 1.98. The van der Waals surface area contributed by atoms with Crippen LogP contribution in [-0.2, 0) is 0 Å². The predicted molar refractivity (Wildman–Crippen MR) is 74.2 cm³/mol. The lowest BCUT2D eigenvalue weighted by Crippen LogP contribution is -1.92. The fourth-order valence-electron chi connectivity index (χ4n) is 1.95. The van der Waals surface area contributed by atoms with Crippen molar-refractivity contribution >= 4 is 11.4 Å². The number of rotatable bonds is 2. The number of nitrogens with zero attached hydrogens (tertiary/aromatic N) is 1. The highest BCUT2D eigenvalue weighted by molar-refractivity contribution is 6.00. The van der Waals surface area contributed by atoms with Crippen molar-refractivity contribution in [2.45, 2.75) is 20.8 Å². The first-order valence-corrected chi connectivity index (χ1v) is 5.84. The maximum absolute atomic E-state index is 4.67. The molecule has 0 amide bonds. The van der Waals surface area contributed by atoms with Gasteiger partial charge in [0.2, 0.25) is 0 Å². The Kier molecular flexibility index (Phi) is 3.38. The van der Waals surface area contributed by atoms with Crippen LogP contribution in [0.4, 0.5) is 5.69 Å². The third kappa shape index (κ3) is 3.04. The number of aryl methyl sites for hydroxylation is 2. The standard InChI is InChI=1S/C16H17N/c1-12-9-13(2)11-16(10-12)17-14(3)15-7-5-4-6-8-15/h4-11H,1-3H3. The molecule has 0 aliphatic heterocycles. The predicted octanol–water partition coefficient (Wildman–Crippen LogP) is 4.44. The molecule has 0 aromatic heterocycles. The van der Waals surface area contributed by atoms with Crippen LogP contribution in [0.2, 0.25) is 0 Å². The summed E-state index contributed by atoms with van der Waals surface area (Å²) in [7, 11) is 0. The average molecular weight is 223 g/mol. The van der Waals surface area contributed by atoms with Gasteiger partial charge in [0, 0.05) is 5.71 Å². The zero-order chi connectivity index (χ0) is 12.3. The Morgan fingerprint density at radius 1 is 0.882 bits per heavy atom. The maximum Gasteiger partial charge on any atom is 0.0638 e. The van der Waals surface area contributed by atoms with Crippen LogP contribution in [0.3, 0.4) is 0 Å². The fourth-order valence-corrected chi connectivity index (χ4v) is 1.95. The molecule has 2 rings (SSSR count). The van der Waals surface area contributed by atoms with Crippen LogP contribution in [0.5, 0.6) is 0 Å². The third-order valence-electron chi connectivity index (χ3n) is 2.69. The van der Waals surface area contributed by atoms with Gasteiger partial charge < -0.3 is 0 Å². The largest absolute Gasteiger partial charge is 0.253 e. The first-order chi connectivity index (χ1) is 8.15. The molecule has 0 aliphatic carbocycles. The minimum Gasteiger partial charge on any atom is -0.253 e. The third-order valence-corrected chi connectivity index (χ3v) is 2.69. The number of aliphatic imine (C=N–C) groups is 1. The maximum atomic E-state index is 4.67. The Balaban J connectivity index is 2.36. The van der Waals surface area contributed by atoms with Gasteiger partial charge >= 0.3 is 0 Å². The topological polar surface area (TPSA) is 12.4 Å². The summed E-state index contributed by atoms with van der Waals surface area (Å²) in [6, 6.07) is 16.7. The summed E-state index contributed by atoms with van der Waals surface area (Å²) in [5.41, 5.74) is 5.76. The van der Waals surface area contributed by atoms with Crippen molar-refractivity contribution in [1.29, 1.82) is 0 Å². The quantitative estimate of drug-likeness (QED) is 0.667. The highest BCUT2D eigenvalue weighted by Crippen LogP contribution is 2.18. The van der Waals surface area contributed by atoms with Crippen molar-refractivity contribution in [3.05, 3.63) is 65.2 Å². The molecular formula is C16H17N. The molecule has 0 radical (unpaired) electrons. The molecule has 0 atom stereocenters. The zero-order valence-electron chi connectivity index (χ0n) is 10.6. The van der Waals surface area contributed by atoms with Crippen LogP contribution < -0.4 is 0 Å². The van der Waals surface area contributed by atoms with Gasteiger partial charge in [-0.05, 0) is 49.6 Å². The van der Waals surface area contributed by atoms with Gasteiger partial charge in [0.1, 0.15) is 0 Å². The van der Waals surface area contributed by atoms with Gasteiger partial charge in [0.25, 0.3) is 0 Å². The van der Waals surface area contributed by atoms with E-state index in [9.17, 15) is 0 Å². The van der Waals surface area contributed by atoms with E-state index in [-0.39, 0.29) is 0 Å². The molecule has 1 nitrogen and oxygen atoms in total. The van der Waals surface area contributed by atoms with Crippen LogP contribution in [0.1, 0.15) is 23.6 Å². The van der Waals surface area contributed by atoms with E-state index in [0.29, 0.717) is 0 Å². The molecule has 2 aromatic rings. The van der Waals surface area contributed by atoms with E-state index in [4.69, 9.17) is 0 Å². The smallest absolute Gasteiger partial charge is 0.0638 e. The van der Waals surface area contributed by atoms with Gasteiger partial charge in [-0.1, -0.05) is 36.4 Å². The molecule has 0 heterocycles. The van der Waals surface area contributed by atoms with Crippen molar-refractivity contribution in [2.75, 3.05) is 0 Å². The zero-order valence-corrected chi connectivity index (χ0v) is 10.6. The van der Waals surface area contributed by atoms with E-state index < -0.39 is 0 Å². The lowest BCUT2D eigenvalue weighted by Gasteiger charge is -2.03. The Labute approximate surface area is 103 Å². The monoisotopic (exact) mass is 223 g/mol. The Hall–Kier alpha value is -1.89. The Morgan fingerprint density at radius 3 is 2.06 bits per heavy atom. The van der Waals surface area contributed by atoms with E-state index >= 15 is 0 Å². The van der Waals surface area contributed by atoms with Gasteiger partial charge in [-0.15, -0.1) is 0 Å². The van der Waals surface area contributed by atoms with Crippen molar-refractivity contribution in [1.82, 2.24) is 0 Å². The van der Waals surface area contributed by atoms with E-state index in [1.165, 1.54) is 16.7 Å². The lowest BCUT2D eigenvalue weighted by atomic mass is 10.1. The molecule has 0 aliphatic rings. The summed E-state index contributed by atoms with van der Waals surface area (Å²) in [6.07, 6.45) is 0. The summed E-state index contributed by atoms with van der Waals surface area (Å²) >= 11 is 0. The van der Waals surface area contributed by atoms with Crippen LogP contribution in [-0.4, -0.2) is 5.71 Å². The van der Waals surface area contributed by atoms with Gasteiger partial charge in [-0.25, -0.2) is 0 Å². The van der Waals surface area contributed by atoms with Crippen LogP contribution in [0.25, 0.3) is 0 Å². The van der Waals surface area contributed by atoms with Crippen molar-refractivity contribution in [3.63, 3.8) is 0 Å². The number of hydrogen-bond acceptors (Lipinski definition) is 1. The lowest BCUT2D eigenvalue weighted by molar-refractivity contribution is 1.35. The summed E-state index contributed by atoms with van der Waals surface area (Å²) in [5.74, 6) is 0. The molecule has 0 N–H and O–H groups in total. The summed E-state index contributed by atoms with van der Waals surface area (Å²) in [6.45, 7) is 6.25. The Bertz CT molecular complexity index is 518. The van der Waals surface area contributed by atoms with Crippen molar-refractivity contribution in [2.24, 2.45) is 4.99 Å². The summed E-state index contributed by atoms with van der Waals surface area (Å²) in [4.78, 5) is 4.67. The Morgan fingerprint density at radius 2 is 1.47 bits per heavy atom. The molecule has 0 unspecified atom stereocenters. The summed E-state index contributed by atoms with van der Waals surface area (Å²) < 4.78 is 0. The number of benzene rings is 2. The molecular weight excluding hydrogens is 206 g/mol. The molecule has 0 spiro atoms. The molecule has 1 heteroatoms. The van der Waals surface area contributed by atoms with Gasteiger partial charge in [-0.3, -0.25) is 4.99 Å². The van der Waals surface area contributed by atoms with E-state index in [0.717, 1.165) is 11.4 Å². The minimum atomic E-state index is 1.03. The molecule has 0 bridgehead atoms. The minimum absolute atomic E-state index is 1.03. The van der Waals surface area contributed by atoms with Crippen LogP contribution in [0, 0.1) is 13.8 Å². The van der Waals surface area contributed by atoms with Gasteiger partial charge in [0.15, 0.2) is 0 Å². The van der Waals surface area contributed by atoms with Crippen LogP contribution >= 0.6 is 0 Å². The molecule has 0 fully saturated rings. The normalized spacial score (nSPS) is 11.6. The molecule has 17 heavy (non-hydrogen) atoms. The molecule has 0 saturated carbocycles. The second kappa shape index (κ2) is 4.96. The molecule has 2 aromatic carbocycles. The SMILES string of the molecule is CC(=Nc1cc(C)cc(C)c1)c1ccccc1. The average Bonchev–Trinajstić information content (AvgIpc) is 2.28. The number of hydrogen-bond donors (Lipinski definition) is 0. The first kappa shape index (κ1) is 11.6. The highest BCUT2D eigenvalue weighted by atomic mass is 14.7. The van der Waals surface area contributed by atoms with Gasteiger partial charge in [-0.2, -0.15) is 0 Å². The van der Waals surface area contributed by atoms with Crippen molar-refractivity contribution in [3.8, 4) is 0 Å². The van der Waals surface area contributed by atoms with Gasteiger partial charge in [0.05, 0.1) is 5.69 Å². The summed E-state index contributed by atoms with van der Waals surface area (Å²) in [5, 5.41) is 0. The van der Waals surface area contributed by atoms with E-state index in [1.54, 1.807) is 0 Å². The van der Waals surface area contributed by atoms with Crippen molar-refractivity contribution < 1.29 is 0 Å². The van der Waals surface area contributed by atoms with E-state index in [2.05, 4.69) is 49.2 Å². The fraction of sp³-hybridized carbons (Fsp3) is 0.188. The second-order valence-electron chi connectivity index (χ2n) is 4.41. The molecule has 86 valence electrons. The second-order valence-corrected chi connectivity index (χ2v) is 4.41. The van der Waals surface area contributed by atoms with Crippen LogP contribution in [0.15, 0.2) is 53.5 Å². The first-order valence-electron chi connectivity index (χ1n) is 5.84. The van der Waals surface area contributed by atoms with E-state index in [1.807, 2.05) is 25.1 Å².